The predicted octanol–water partition coefficient (Wildman–Crippen LogP) is 3.14. The van der Waals surface area contributed by atoms with Crippen molar-refractivity contribution in [1.29, 1.82) is 0 Å². The summed E-state index contributed by atoms with van der Waals surface area (Å²) in [7, 11) is -2.18. The first kappa shape index (κ1) is 23.8. The Bertz CT molecular complexity index is 908. The monoisotopic (exact) mass is 438 g/mol. The highest BCUT2D eigenvalue weighted by molar-refractivity contribution is 7.87. The average Bonchev–Trinajstić information content (AvgIpc) is 3.27. The van der Waals surface area contributed by atoms with Crippen LogP contribution in [0.4, 0.5) is 5.69 Å². The van der Waals surface area contributed by atoms with Crippen molar-refractivity contribution < 1.29 is 26.5 Å². The SMILES string of the molecule is CCN(CC)c1ccc(CN(CCOC)C(=O)c2ccco2)c(OS(=O)(=O)CC)c1. The van der Waals surface area contributed by atoms with Crippen molar-refractivity contribution in [2.24, 2.45) is 0 Å². The molecule has 0 saturated heterocycles. The number of nitrogens with zero attached hydrogens (tertiary/aromatic N) is 2. The van der Waals surface area contributed by atoms with E-state index < -0.39 is 10.1 Å². The molecule has 0 spiro atoms. The summed E-state index contributed by atoms with van der Waals surface area (Å²) in [5.74, 6) is -0.0414. The summed E-state index contributed by atoms with van der Waals surface area (Å²) < 4.78 is 40.1. The minimum atomic E-state index is -3.73. The van der Waals surface area contributed by atoms with E-state index in [0.717, 1.165) is 18.8 Å². The quantitative estimate of drug-likeness (QED) is 0.470. The van der Waals surface area contributed by atoms with Gasteiger partial charge in [0.2, 0.25) is 0 Å². The lowest BCUT2D eigenvalue weighted by atomic mass is 10.1. The van der Waals surface area contributed by atoms with Gasteiger partial charge in [0.1, 0.15) is 5.75 Å². The number of anilines is 1. The third-order valence-electron chi connectivity index (χ3n) is 4.70. The van der Waals surface area contributed by atoms with Crippen LogP contribution >= 0.6 is 0 Å². The molecule has 0 atom stereocenters. The zero-order chi connectivity index (χ0) is 22.1. The minimum absolute atomic E-state index is 0.149. The average molecular weight is 439 g/mol. The van der Waals surface area contributed by atoms with Crippen LogP contribution in [0.5, 0.6) is 5.75 Å². The van der Waals surface area contributed by atoms with Gasteiger partial charge in [0, 0.05) is 50.6 Å². The second-order valence-electron chi connectivity index (χ2n) is 6.59. The van der Waals surface area contributed by atoms with Gasteiger partial charge in [-0.05, 0) is 39.0 Å². The van der Waals surface area contributed by atoms with E-state index in [4.69, 9.17) is 13.3 Å². The molecule has 1 amide bonds. The van der Waals surface area contributed by atoms with Gasteiger partial charge in [-0.15, -0.1) is 0 Å². The van der Waals surface area contributed by atoms with Gasteiger partial charge in [0.05, 0.1) is 18.6 Å². The Morgan fingerprint density at radius 2 is 1.87 bits per heavy atom. The molecule has 30 heavy (non-hydrogen) atoms. The number of hydrogen-bond acceptors (Lipinski definition) is 7. The Hall–Kier alpha value is -2.52. The third-order valence-corrected chi connectivity index (χ3v) is 5.84. The number of ether oxygens (including phenoxy) is 1. The van der Waals surface area contributed by atoms with Crippen LogP contribution in [0.1, 0.15) is 36.9 Å². The van der Waals surface area contributed by atoms with Crippen molar-refractivity contribution in [1.82, 2.24) is 4.90 Å². The summed E-state index contributed by atoms with van der Waals surface area (Å²) in [6, 6.07) is 8.64. The number of benzene rings is 1. The highest BCUT2D eigenvalue weighted by Gasteiger charge is 2.22. The Kier molecular flexibility index (Phi) is 8.73. The highest BCUT2D eigenvalue weighted by Crippen LogP contribution is 2.29. The minimum Gasteiger partial charge on any atom is -0.459 e. The summed E-state index contributed by atoms with van der Waals surface area (Å²) in [5, 5.41) is 0. The van der Waals surface area contributed by atoms with E-state index in [1.165, 1.54) is 13.2 Å². The number of amides is 1. The van der Waals surface area contributed by atoms with E-state index >= 15 is 0 Å². The number of carbonyl (C=O) groups excluding carboxylic acids is 1. The maximum atomic E-state index is 12.8. The molecule has 0 bridgehead atoms. The van der Waals surface area contributed by atoms with Gasteiger partial charge in [-0.25, -0.2) is 0 Å². The molecule has 0 aliphatic rings. The standard InChI is InChI=1S/C21H30N2O6S/c1-5-22(6-2)18-11-10-17(20(15-18)29-30(25,26)7-3)16-23(12-14-27-4)21(24)19-9-8-13-28-19/h8-11,13,15H,5-7,12,14,16H2,1-4H3. The number of hydrogen-bond donors (Lipinski definition) is 0. The third kappa shape index (κ3) is 6.24. The van der Waals surface area contributed by atoms with Crippen LogP contribution in [-0.4, -0.2) is 58.3 Å². The van der Waals surface area contributed by atoms with Crippen LogP contribution in [0.3, 0.4) is 0 Å². The normalized spacial score (nSPS) is 11.3. The lowest BCUT2D eigenvalue weighted by molar-refractivity contribution is 0.0648. The molecular formula is C21H30N2O6S. The number of rotatable bonds is 12. The summed E-state index contributed by atoms with van der Waals surface area (Å²) in [5.41, 5.74) is 1.43. The molecule has 0 saturated carbocycles. The maximum absolute atomic E-state index is 12.8. The van der Waals surface area contributed by atoms with Crippen molar-refractivity contribution in [3.05, 3.63) is 47.9 Å². The fourth-order valence-corrected chi connectivity index (χ4v) is 3.49. The van der Waals surface area contributed by atoms with Gasteiger partial charge in [-0.2, -0.15) is 8.42 Å². The van der Waals surface area contributed by atoms with Crippen molar-refractivity contribution in [3.8, 4) is 5.75 Å². The summed E-state index contributed by atoms with van der Waals surface area (Å²) in [4.78, 5) is 16.5. The van der Waals surface area contributed by atoms with Gasteiger partial charge in [-0.3, -0.25) is 4.79 Å². The van der Waals surface area contributed by atoms with Gasteiger partial charge in [0.15, 0.2) is 5.76 Å². The molecule has 0 fully saturated rings. The predicted molar refractivity (Wildman–Crippen MR) is 115 cm³/mol. The van der Waals surface area contributed by atoms with Crippen LogP contribution < -0.4 is 9.08 Å². The van der Waals surface area contributed by atoms with Crippen LogP contribution in [0.2, 0.25) is 0 Å². The zero-order valence-corrected chi connectivity index (χ0v) is 18.8. The smallest absolute Gasteiger partial charge is 0.308 e. The first-order chi connectivity index (χ1) is 14.3. The second kappa shape index (κ2) is 11.0. The van der Waals surface area contributed by atoms with Crippen LogP contribution in [-0.2, 0) is 21.4 Å². The van der Waals surface area contributed by atoms with E-state index in [1.54, 1.807) is 36.3 Å². The fourth-order valence-electron chi connectivity index (χ4n) is 2.95. The molecule has 0 N–H and O–H groups in total. The maximum Gasteiger partial charge on any atom is 0.308 e. The van der Waals surface area contributed by atoms with E-state index in [0.29, 0.717) is 18.7 Å². The summed E-state index contributed by atoms with van der Waals surface area (Å²) in [6.07, 6.45) is 1.43. The first-order valence-electron chi connectivity index (χ1n) is 9.96. The molecule has 0 radical (unpaired) electrons. The topological polar surface area (TPSA) is 89.3 Å². The summed E-state index contributed by atoms with van der Waals surface area (Å²) >= 11 is 0. The largest absolute Gasteiger partial charge is 0.459 e. The van der Waals surface area contributed by atoms with Gasteiger partial charge in [-0.1, -0.05) is 6.07 Å². The molecule has 2 rings (SSSR count). The van der Waals surface area contributed by atoms with E-state index in [1.807, 2.05) is 19.9 Å². The van der Waals surface area contributed by atoms with Gasteiger partial charge >= 0.3 is 10.1 Å². The molecule has 2 aromatic rings. The van der Waals surface area contributed by atoms with Crippen molar-refractivity contribution in [2.45, 2.75) is 27.3 Å². The Morgan fingerprint density at radius 3 is 2.43 bits per heavy atom. The van der Waals surface area contributed by atoms with E-state index in [2.05, 4.69) is 4.90 Å². The molecule has 0 aliphatic carbocycles. The lowest BCUT2D eigenvalue weighted by Crippen LogP contribution is -2.33. The molecular weight excluding hydrogens is 408 g/mol. The number of furan rings is 1. The van der Waals surface area contributed by atoms with Crippen LogP contribution in [0.15, 0.2) is 41.0 Å². The summed E-state index contributed by atoms with van der Waals surface area (Å²) in [6.45, 7) is 7.90. The Labute approximate surface area is 178 Å². The molecule has 1 aromatic carbocycles. The lowest BCUT2D eigenvalue weighted by Gasteiger charge is -2.25. The molecule has 8 nitrogen and oxygen atoms in total. The van der Waals surface area contributed by atoms with Gasteiger partial charge in [0.25, 0.3) is 5.91 Å². The molecule has 166 valence electrons. The molecule has 9 heteroatoms. The van der Waals surface area contributed by atoms with Crippen molar-refractivity contribution in [3.63, 3.8) is 0 Å². The second-order valence-corrected chi connectivity index (χ2v) is 8.45. The van der Waals surface area contributed by atoms with E-state index in [-0.39, 0.29) is 29.7 Å². The Balaban J connectivity index is 2.41. The molecule has 1 heterocycles. The first-order valence-corrected chi connectivity index (χ1v) is 11.5. The number of methoxy groups -OCH3 is 1. The van der Waals surface area contributed by atoms with E-state index in [9.17, 15) is 13.2 Å². The number of carbonyl (C=O) groups is 1. The zero-order valence-electron chi connectivity index (χ0n) is 18.0. The van der Waals surface area contributed by atoms with Crippen LogP contribution in [0.25, 0.3) is 0 Å². The molecule has 1 aromatic heterocycles. The van der Waals surface area contributed by atoms with Crippen molar-refractivity contribution >= 4 is 21.7 Å². The molecule has 0 unspecified atom stereocenters. The van der Waals surface area contributed by atoms with Gasteiger partial charge < -0.3 is 23.1 Å². The molecule has 0 aliphatic heterocycles. The van der Waals surface area contributed by atoms with Crippen LogP contribution in [0, 0.1) is 0 Å². The van der Waals surface area contributed by atoms with Crippen molar-refractivity contribution in [2.75, 3.05) is 44.0 Å². The Morgan fingerprint density at radius 1 is 1.13 bits per heavy atom. The highest BCUT2D eigenvalue weighted by atomic mass is 32.2. The fraction of sp³-hybridized carbons (Fsp3) is 0.476.